The van der Waals surface area contributed by atoms with E-state index in [1.165, 1.54) is 12.8 Å². The zero-order valence-corrected chi connectivity index (χ0v) is 19.7. The Morgan fingerprint density at radius 2 is 1.78 bits per heavy atom. The molecular weight excluding hydrogens is 400 g/mol. The van der Waals surface area contributed by atoms with Crippen molar-refractivity contribution in [2.75, 3.05) is 39.8 Å². The molecule has 32 heavy (non-hydrogen) atoms. The highest BCUT2D eigenvalue weighted by molar-refractivity contribution is 5.67. The van der Waals surface area contributed by atoms with Crippen LogP contribution in [0.5, 0.6) is 11.6 Å². The molecule has 0 radical (unpaired) electrons. The van der Waals surface area contributed by atoms with Gasteiger partial charge in [0.15, 0.2) is 0 Å². The molecule has 0 saturated carbocycles. The van der Waals surface area contributed by atoms with Crippen LogP contribution < -0.4 is 14.8 Å². The van der Waals surface area contributed by atoms with Crippen molar-refractivity contribution in [3.05, 3.63) is 36.0 Å². The van der Waals surface area contributed by atoms with E-state index in [1.54, 1.807) is 0 Å². The Bertz CT molecular complexity index is 828. The summed E-state index contributed by atoms with van der Waals surface area (Å²) >= 11 is 0. The van der Waals surface area contributed by atoms with Crippen LogP contribution >= 0.6 is 0 Å². The number of ether oxygens (including phenoxy) is 2. The number of nitrogens with zero attached hydrogens (tertiary/aromatic N) is 3. The second kappa shape index (κ2) is 11.6. The Morgan fingerprint density at radius 3 is 2.50 bits per heavy atom. The van der Waals surface area contributed by atoms with Crippen LogP contribution in [0.1, 0.15) is 51.1 Å². The van der Waals surface area contributed by atoms with E-state index in [2.05, 4.69) is 64.7 Å². The van der Waals surface area contributed by atoms with Crippen LogP contribution in [0.15, 0.2) is 30.3 Å². The van der Waals surface area contributed by atoms with E-state index in [-0.39, 0.29) is 6.10 Å². The van der Waals surface area contributed by atoms with Crippen molar-refractivity contribution in [2.24, 2.45) is 5.92 Å². The molecule has 0 atom stereocenters. The highest BCUT2D eigenvalue weighted by Gasteiger charge is 2.20. The first-order valence-electron chi connectivity index (χ1n) is 12.4. The minimum atomic E-state index is 0.223. The van der Waals surface area contributed by atoms with Crippen LogP contribution in [-0.4, -0.2) is 61.0 Å². The molecule has 3 heterocycles. The van der Waals surface area contributed by atoms with Crippen molar-refractivity contribution >= 4 is 0 Å². The SMILES string of the molecule is CCCCc1nnc(OC2CCN(C)CC2)cc1-c1ccc(OCC2CCNCC2)cc1. The number of piperidine rings is 2. The van der Waals surface area contributed by atoms with Crippen molar-refractivity contribution in [1.82, 2.24) is 20.4 Å². The average Bonchev–Trinajstić information content (AvgIpc) is 2.84. The number of rotatable bonds is 9. The molecule has 2 aliphatic heterocycles. The van der Waals surface area contributed by atoms with Gasteiger partial charge < -0.3 is 19.7 Å². The summed E-state index contributed by atoms with van der Waals surface area (Å²) in [6.07, 6.45) is 7.86. The van der Waals surface area contributed by atoms with Crippen molar-refractivity contribution < 1.29 is 9.47 Å². The summed E-state index contributed by atoms with van der Waals surface area (Å²) in [5.41, 5.74) is 3.32. The summed E-state index contributed by atoms with van der Waals surface area (Å²) in [5.74, 6) is 2.23. The number of benzene rings is 1. The maximum atomic E-state index is 6.22. The summed E-state index contributed by atoms with van der Waals surface area (Å²) in [5, 5.41) is 12.4. The van der Waals surface area contributed by atoms with Crippen LogP contribution in [0.3, 0.4) is 0 Å². The van der Waals surface area contributed by atoms with E-state index in [0.717, 1.165) is 87.5 Å². The van der Waals surface area contributed by atoms with Crippen LogP contribution in [0.25, 0.3) is 11.1 Å². The third-order valence-corrected chi connectivity index (χ3v) is 6.68. The highest BCUT2D eigenvalue weighted by atomic mass is 16.5. The van der Waals surface area contributed by atoms with Crippen molar-refractivity contribution in [2.45, 2.75) is 58.0 Å². The van der Waals surface area contributed by atoms with E-state index < -0.39 is 0 Å². The lowest BCUT2D eigenvalue weighted by Gasteiger charge is -2.28. The molecule has 2 saturated heterocycles. The van der Waals surface area contributed by atoms with Gasteiger partial charge in [-0.25, -0.2) is 0 Å². The molecule has 0 aliphatic carbocycles. The Balaban J connectivity index is 1.45. The van der Waals surface area contributed by atoms with Crippen LogP contribution in [-0.2, 0) is 6.42 Å². The zero-order chi connectivity index (χ0) is 22.2. The molecule has 0 amide bonds. The third kappa shape index (κ3) is 6.42. The molecule has 2 aromatic rings. The second-order valence-corrected chi connectivity index (χ2v) is 9.30. The number of hydrogen-bond donors (Lipinski definition) is 1. The van der Waals surface area contributed by atoms with E-state index in [9.17, 15) is 0 Å². The molecule has 0 bridgehead atoms. The minimum absolute atomic E-state index is 0.223. The fourth-order valence-corrected chi connectivity index (χ4v) is 4.50. The molecule has 6 nitrogen and oxygen atoms in total. The van der Waals surface area contributed by atoms with Crippen LogP contribution in [0.4, 0.5) is 0 Å². The topological polar surface area (TPSA) is 59.5 Å². The monoisotopic (exact) mass is 438 g/mol. The molecule has 1 aromatic carbocycles. The number of aryl methyl sites for hydroxylation is 1. The maximum absolute atomic E-state index is 6.22. The molecule has 2 aliphatic rings. The fraction of sp³-hybridized carbons (Fsp3) is 0.615. The average molecular weight is 439 g/mol. The number of unbranched alkanes of at least 4 members (excludes halogenated alkanes) is 1. The maximum Gasteiger partial charge on any atom is 0.234 e. The van der Waals surface area contributed by atoms with Gasteiger partial charge in [0.2, 0.25) is 5.88 Å². The molecule has 6 heteroatoms. The van der Waals surface area contributed by atoms with Gasteiger partial charge in [-0.05, 0) is 82.3 Å². The smallest absolute Gasteiger partial charge is 0.234 e. The fourth-order valence-electron chi connectivity index (χ4n) is 4.50. The molecule has 1 N–H and O–H groups in total. The first kappa shape index (κ1) is 23.0. The van der Waals surface area contributed by atoms with Crippen molar-refractivity contribution in [3.63, 3.8) is 0 Å². The summed E-state index contributed by atoms with van der Waals surface area (Å²) in [7, 11) is 2.16. The van der Waals surface area contributed by atoms with Gasteiger partial charge in [0.05, 0.1) is 12.3 Å². The van der Waals surface area contributed by atoms with Crippen molar-refractivity contribution in [1.29, 1.82) is 0 Å². The molecule has 174 valence electrons. The van der Waals surface area contributed by atoms with E-state index in [1.807, 2.05) is 0 Å². The van der Waals surface area contributed by atoms with Crippen molar-refractivity contribution in [3.8, 4) is 22.8 Å². The van der Waals surface area contributed by atoms with Crippen LogP contribution in [0, 0.1) is 5.92 Å². The summed E-state index contributed by atoms with van der Waals surface area (Å²) < 4.78 is 12.3. The lowest BCUT2D eigenvalue weighted by molar-refractivity contribution is 0.109. The van der Waals surface area contributed by atoms with Gasteiger partial charge in [-0.15, -0.1) is 5.10 Å². The Labute approximate surface area is 192 Å². The number of hydrogen-bond acceptors (Lipinski definition) is 6. The van der Waals surface area contributed by atoms with Gasteiger partial charge >= 0.3 is 0 Å². The number of aromatic nitrogens is 2. The number of likely N-dealkylation sites (tertiary alicyclic amines) is 1. The van der Waals surface area contributed by atoms with E-state index in [0.29, 0.717) is 11.8 Å². The normalized spacial score (nSPS) is 18.6. The van der Waals surface area contributed by atoms with Gasteiger partial charge in [-0.1, -0.05) is 25.5 Å². The summed E-state index contributed by atoms with van der Waals surface area (Å²) in [6.45, 7) is 7.35. The lowest BCUT2D eigenvalue weighted by atomic mass is 9.99. The van der Waals surface area contributed by atoms with Gasteiger partial charge in [-0.2, -0.15) is 5.10 Å². The summed E-state index contributed by atoms with van der Waals surface area (Å²) in [6, 6.07) is 10.5. The Hall–Kier alpha value is -2.18. The summed E-state index contributed by atoms with van der Waals surface area (Å²) in [4.78, 5) is 2.35. The predicted molar refractivity (Wildman–Crippen MR) is 128 cm³/mol. The van der Waals surface area contributed by atoms with E-state index in [4.69, 9.17) is 9.47 Å². The van der Waals surface area contributed by atoms with Gasteiger partial charge in [-0.3, -0.25) is 0 Å². The van der Waals surface area contributed by atoms with Gasteiger partial charge in [0.25, 0.3) is 0 Å². The zero-order valence-electron chi connectivity index (χ0n) is 19.7. The first-order chi connectivity index (χ1) is 15.7. The standard InChI is InChI=1S/C26H38N4O2/c1-3-4-5-25-24(18-26(29-28-25)32-23-12-16-30(2)17-13-23)21-6-8-22(9-7-21)31-19-20-10-14-27-15-11-20/h6-9,18,20,23,27H,3-5,10-17,19H2,1-2H3. The molecule has 1 aromatic heterocycles. The molecule has 0 unspecified atom stereocenters. The minimum Gasteiger partial charge on any atom is -0.493 e. The quantitative estimate of drug-likeness (QED) is 0.629. The Morgan fingerprint density at radius 1 is 1.03 bits per heavy atom. The molecular formula is C26H38N4O2. The van der Waals surface area contributed by atoms with E-state index >= 15 is 0 Å². The molecule has 4 rings (SSSR count). The first-order valence-corrected chi connectivity index (χ1v) is 12.4. The Kier molecular flexibility index (Phi) is 8.35. The van der Waals surface area contributed by atoms with Crippen LogP contribution in [0.2, 0.25) is 0 Å². The third-order valence-electron chi connectivity index (χ3n) is 6.68. The second-order valence-electron chi connectivity index (χ2n) is 9.30. The highest BCUT2D eigenvalue weighted by Crippen LogP contribution is 2.29. The number of nitrogens with one attached hydrogen (secondary N) is 1. The lowest BCUT2D eigenvalue weighted by Crippen LogP contribution is -2.35. The molecule has 0 spiro atoms. The molecule has 2 fully saturated rings. The van der Waals surface area contributed by atoms with Gasteiger partial charge in [0.1, 0.15) is 11.9 Å². The van der Waals surface area contributed by atoms with Gasteiger partial charge in [0, 0.05) is 24.7 Å². The predicted octanol–water partition coefficient (Wildman–Crippen LogP) is 4.34. The largest absolute Gasteiger partial charge is 0.493 e.